The number of benzene rings is 1. The molecule has 0 aliphatic heterocycles. The highest BCUT2D eigenvalue weighted by atomic mass is 32.1. The van der Waals surface area contributed by atoms with Crippen LogP contribution in [0.3, 0.4) is 0 Å². The maximum Gasteiger partial charge on any atom is 0.0336 e. The number of fused-ring (bicyclic) bond motifs is 1. The molecule has 0 fully saturated rings. The monoisotopic (exact) mass is 271 g/mol. The first kappa shape index (κ1) is 12.9. The second-order valence-electron chi connectivity index (χ2n) is 5.28. The molecule has 100 valence electrons. The first-order valence-corrected chi connectivity index (χ1v) is 8.13. The Bertz CT molecular complexity index is 517. The molecule has 1 aliphatic rings. The van der Waals surface area contributed by atoms with Gasteiger partial charge in [0.2, 0.25) is 0 Å². The van der Waals surface area contributed by atoms with Gasteiger partial charge in [0.15, 0.2) is 0 Å². The Kier molecular flexibility index (Phi) is 4.00. The van der Waals surface area contributed by atoms with E-state index in [4.69, 9.17) is 0 Å². The van der Waals surface area contributed by atoms with E-state index in [-0.39, 0.29) is 0 Å². The average Bonchev–Trinajstić information content (AvgIpc) is 2.95. The normalized spacial score (nSPS) is 19.9. The summed E-state index contributed by atoms with van der Waals surface area (Å²) in [4.78, 5) is 1.59. The zero-order valence-corrected chi connectivity index (χ0v) is 12.2. The lowest BCUT2D eigenvalue weighted by Gasteiger charge is -2.28. The predicted octanol–water partition coefficient (Wildman–Crippen LogP) is 4.87. The second-order valence-corrected chi connectivity index (χ2v) is 6.28. The number of nitrogens with one attached hydrogen (secondary N) is 1. The number of thiophene rings is 1. The van der Waals surface area contributed by atoms with Crippen molar-refractivity contribution in [1.82, 2.24) is 5.32 Å². The van der Waals surface area contributed by atoms with Gasteiger partial charge in [0.25, 0.3) is 0 Å². The molecule has 2 heteroatoms. The second kappa shape index (κ2) is 5.89. The minimum atomic E-state index is 0.469. The summed E-state index contributed by atoms with van der Waals surface area (Å²) in [5.41, 5.74) is 2.96. The molecule has 2 aromatic rings. The van der Waals surface area contributed by atoms with E-state index in [1.54, 1.807) is 10.4 Å². The van der Waals surface area contributed by atoms with Crippen LogP contribution in [-0.4, -0.2) is 0 Å². The fraction of sp³-hybridized carbons (Fsp3) is 0.412. The molecule has 1 aromatic carbocycles. The largest absolute Gasteiger partial charge is 0.303 e. The van der Waals surface area contributed by atoms with Crippen molar-refractivity contribution in [2.24, 2.45) is 0 Å². The van der Waals surface area contributed by atoms with E-state index >= 15 is 0 Å². The summed E-state index contributed by atoms with van der Waals surface area (Å²) in [5.74, 6) is 0. The maximum atomic E-state index is 3.87. The van der Waals surface area contributed by atoms with Crippen LogP contribution in [0.1, 0.15) is 54.3 Å². The molecular formula is C17H21NS. The molecule has 1 aliphatic carbocycles. The van der Waals surface area contributed by atoms with E-state index in [1.165, 1.54) is 24.8 Å². The third kappa shape index (κ3) is 2.75. The van der Waals surface area contributed by atoms with Crippen molar-refractivity contribution in [1.29, 1.82) is 0 Å². The molecule has 19 heavy (non-hydrogen) atoms. The Morgan fingerprint density at radius 1 is 1.26 bits per heavy atom. The van der Waals surface area contributed by atoms with Crippen molar-refractivity contribution in [2.45, 2.75) is 44.7 Å². The van der Waals surface area contributed by atoms with Crippen LogP contribution in [0.2, 0.25) is 0 Å². The Hall–Kier alpha value is -1.12. The van der Waals surface area contributed by atoms with Gasteiger partial charge in [-0.3, -0.25) is 0 Å². The van der Waals surface area contributed by atoms with Crippen molar-refractivity contribution in [3.8, 4) is 0 Å². The Balaban J connectivity index is 1.78. The average molecular weight is 271 g/mol. The third-order valence-corrected chi connectivity index (χ3v) is 5.06. The Morgan fingerprint density at radius 2 is 2.11 bits per heavy atom. The quantitative estimate of drug-likeness (QED) is 0.837. The highest BCUT2D eigenvalue weighted by Gasteiger charge is 2.23. The molecule has 3 rings (SSSR count). The lowest BCUT2D eigenvalue weighted by atomic mass is 9.92. The van der Waals surface area contributed by atoms with Crippen LogP contribution in [0.15, 0.2) is 41.8 Å². The van der Waals surface area contributed by atoms with Crippen LogP contribution in [0.4, 0.5) is 0 Å². The van der Waals surface area contributed by atoms with Crippen molar-refractivity contribution in [3.05, 3.63) is 57.8 Å². The van der Waals surface area contributed by atoms with Crippen LogP contribution in [0.25, 0.3) is 0 Å². The van der Waals surface area contributed by atoms with Crippen molar-refractivity contribution < 1.29 is 0 Å². The predicted molar refractivity (Wildman–Crippen MR) is 82.6 cm³/mol. The Labute approximate surface area is 119 Å². The van der Waals surface area contributed by atoms with Gasteiger partial charge in [0, 0.05) is 17.0 Å². The van der Waals surface area contributed by atoms with E-state index in [0.29, 0.717) is 12.1 Å². The summed E-state index contributed by atoms with van der Waals surface area (Å²) in [7, 11) is 0. The topological polar surface area (TPSA) is 12.0 Å². The summed E-state index contributed by atoms with van der Waals surface area (Å²) in [6.45, 7) is 2.27. The molecule has 0 spiro atoms. The van der Waals surface area contributed by atoms with Crippen LogP contribution in [-0.2, 0) is 6.42 Å². The van der Waals surface area contributed by atoms with Gasteiger partial charge in [0.05, 0.1) is 0 Å². The van der Waals surface area contributed by atoms with Crippen molar-refractivity contribution in [3.63, 3.8) is 0 Å². The van der Waals surface area contributed by atoms with E-state index in [2.05, 4.69) is 54.0 Å². The maximum absolute atomic E-state index is 3.87. The number of rotatable bonds is 4. The number of aryl methyl sites for hydroxylation is 1. The van der Waals surface area contributed by atoms with E-state index < -0.39 is 0 Å². The van der Waals surface area contributed by atoms with Gasteiger partial charge in [-0.05, 0) is 48.3 Å². The Morgan fingerprint density at radius 3 is 2.89 bits per heavy atom. The van der Waals surface area contributed by atoms with Crippen molar-refractivity contribution in [2.75, 3.05) is 0 Å². The van der Waals surface area contributed by atoms with Crippen LogP contribution < -0.4 is 5.32 Å². The highest BCUT2D eigenvalue weighted by Crippen LogP contribution is 2.35. The minimum Gasteiger partial charge on any atom is -0.303 e. The van der Waals surface area contributed by atoms with Crippen LogP contribution in [0, 0.1) is 0 Å². The van der Waals surface area contributed by atoms with Crippen LogP contribution in [0.5, 0.6) is 0 Å². The van der Waals surface area contributed by atoms with Crippen LogP contribution >= 0.6 is 11.3 Å². The lowest BCUT2D eigenvalue weighted by Crippen LogP contribution is -2.28. The first-order chi connectivity index (χ1) is 9.38. The van der Waals surface area contributed by atoms with Gasteiger partial charge in [-0.2, -0.15) is 0 Å². The number of hydrogen-bond donors (Lipinski definition) is 1. The van der Waals surface area contributed by atoms with Gasteiger partial charge in [-0.1, -0.05) is 37.3 Å². The summed E-state index contributed by atoms with van der Waals surface area (Å²) < 4.78 is 0. The zero-order valence-electron chi connectivity index (χ0n) is 11.4. The summed E-state index contributed by atoms with van der Waals surface area (Å²) >= 11 is 1.92. The van der Waals surface area contributed by atoms with Gasteiger partial charge in [-0.25, -0.2) is 0 Å². The van der Waals surface area contributed by atoms with Gasteiger partial charge < -0.3 is 5.32 Å². The first-order valence-electron chi connectivity index (χ1n) is 7.25. The molecule has 0 saturated carbocycles. The van der Waals surface area contributed by atoms with Gasteiger partial charge >= 0.3 is 0 Å². The zero-order chi connectivity index (χ0) is 13.1. The summed E-state index contributed by atoms with van der Waals surface area (Å²) in [6.07, 6.45) is 5.00. The molecule has 2 atom stereocenters. The molecule has 0 saturated heterocycles. The number of hydrogen-bond acceptors (Lipinski definition) is 2. The fourth-order valence-corrected chi connectivity index (χ4v) is 4.03. The molecule has 1 heterocycles. The highest BCUT2D eigenvalue weighted by molar-refractivity contribution is 7.10. The van der Waals surface area contributed by atoms with Gasteiger partial charge in [0.1, 0.15) is 0 Å². The molecule has 0 bridgehead atoms. The molecule has 1 N–H and O–H groups in total. The van der Waals surface area contributed by atoms with Gasteiger partial charge in [-0.15, -0.1) is 11.3 Å². The fourth-order valence-electron chi connectivity index (χ4n) is 3.04. The molecular weight excluding hydrogens is 250 g/mol. The van der Waals surface area contributed by atoms with Crippen molar-refractivity contribution >= 4 is 11.3 Å². The molecule has 2 unspecified atom stereocenters. The summed E-state index contributed by atoms with van der Waals surface area (Å²) in [6, 6.07) is 14.2. The summed E-state index contributed by atoms with van der Waals surface area (Å²) in [5, 5.41) is 6.12. The lowest BCUT2D eigenvalue weighted by molar-refractivity contribution is 0.395. The standard InChI is InChI=1S/C17H21NS/c1-2-15(13-7-4-3-5-8-13)18-16-9-6-10-17-14(16)11-12-19-17/h3-5,7-8,11-12,15-16,18H,2,6,9-10H2,1H3. The van der Waals surface area contributed by atoms with E-state index in [1.807, 2.05) is 11.3 Å². The molecule has 1 aromatic heterocycles. The minimum absolute atomic E-state index is 0.469. The third-order valence-electron chi connectivity index (χ3n) is 4.06. The molecule has 1 nitrogen and oxygen atoms in total. The molecule has 0 radical (unpaired) electrons. The SMILES string of the molecule is CCC(NC1CCCc2sccc21)c1ccccc1. The smallest absolute Gasteiger partial charge is 0.0336 e. The van der Waals surface area contributed by atoms with E-state index in [0.717, 1.165) is 6.42 Å². The molecule has 0 amide bonds. The van der Waals surface area contributed by atoms with E-state index in [9.17, 15) is 0 Å².